The predicted octanol–water partition coefficient (Wildman–Crippen LogP) is 2.29. The van der Waals surface area contributed by atoms with Crippen molar-refractivity contribution in [1.29, 1.82) is 0 Å². The molecule has 9 heavy (non-hydrogen) atoms. The quantitative estimate of drug-likeness (QED) is 0.559. The first kappa shape index (κ1) is 9.25. The monoisotopic (exact) mass is 150 g/mol. The van der Waals surface area contributed by atoms with Gasteiger partial charge in [0, 0.05) is 12.5 Å². The molecule has 0 aromatic heterocycles. The van der Waals surface area contributed by atoms with Gasteiger partial charge in [-0.15, -0.1) is 11.6 Å². The van der Waals surface area contributed by atoms with Gasteiger partial charge < -0.3 is 4.74 Å². The Morgan fingerprint density at radius 1 is 1.56 bits per heavy atom. The molecule has 0 bridgehead atoms. The molecule has 2 atom stereocenters. The van der Waals surface area contributed by atoms with Gasteiger partial charge in [-0.05, 0) is 19.3 Å². The summed E-state index contributed by atoms with van der Waals surface area (Å²) in [6.07, 6.45) is 1.10. The van der Waals surface area contributed by atoms with Gasteiger partial charge in [-0.3, -0.25) is 0 Å². The van der Waals surface area contributed by atoms with Crippen LogP contribution < -0.4 is 0 Å². The summed E-state index contributed by atoms with van der Waals surface area (Å²) < 4.78 is 4.97. The molecule has 0 aromatic rings. The smallest absolute Gasteiger partial charge is 0.0504 e. The minimum atomic E-state index is 0.231. The second-order valence-electron chi connectivity index (χ2n) is 2.30. The minimum absolute atomic E-state index is 0.231. The van der Waals surface area contributed by atoms with E-state index in [0.717, 1.165) is 13.0 Å². The molecule has 0 aliphatic rings. The molecule has 0 aromatic carbocycles. The fraction of sp³-hybridized carbons (Fsp3) is 1.00. The Balaban J connectivity index is 3.41. The largest absolute Gasteiger partial charge is 0.384 e. The summed E-state index contributed by atoms with van der Waals surface area (Å²) in [5, 5.41) is 0.231. The van der Waals surface area contributed by atoms with Crippen LogP contribution in [0, 0.1) is 5.92 Å². The van der Waals surface area contributed by atoms with Crippen molar-refractivity contribution in [2.75, 3.05) is 13.7 Å². The zero-order chi connectivity index (χ0) is 7.28. The molecule has 0 aliphatic carbocycles. The van der Waals surface area contributed by atoms with Gasteiger partial charge in [0.1, 0.15) is 0 Å². The number of methoxy groups -OCH3 is 1. The molecule has 2 heteroatoms. The van der Waals surface area contributed by atoms with Crippen LogP contribution >= 0.6 is 11.6 Å². The molecular formula is C7H15ClO. The molecule has 0 aliphatic heterocycles. The number of halogens is 1. The number of alkyl halides is 1. The molecule has 0 amide bonds. The van der Waals surface area contributed by atoms with Crippen LogP contribution in [0.4, 0.5) is 0 Å². The lowest BCUT2D eigenvalue weighted by molar-refractivity contribution is 0.150. The fourth-order valence-electron chi connectivity index (χ4n) is 0.789. The van der Waals surface area contributed by atoms with E-state index in [9.17, 15) is 0 Å². The lowest BCUT2D eigenvalue weighted by atomic mass is 10.1. The van der Waals surface area contributed by atoms with Crippen molar-refractivity contribution in [2.45, 2.75) is 25.6 Å². The van der Waals surface area contributed by atoms with E-state index in [1.165, 1.54) is 0 Å². The maximum atomic E-state index is 5.84. The highest BCUT2D eigenvalue weighted by atomic mass is 35.5. The molecule has 56 valence electrons. The van der Waals surface area contributed by atoms with Gasteiger partial charge in [0.15, 0.2) is 0 Å². The summed E-state index contributed by atoms with van der Waals surface area (Å²) in [6, 6.07) is 0. The van der Waals surface area contributed by atoms with Gasteiger partial charge in [0.2, 0.25) is 0 Å². The Bertz CT molecular complexity index is 63.9. The van der Waals surface area contributed by atoms with Crippen molar-refractivity contribution >= 4 is 11.6 Å². The van der Waals surface area contributed by atoms with Crippen LogP contribution in [-0.2, 0) is 4.74 Å². The van der Waals surface area contributed by atoms with Crippen molar-refractivity contribution in [3.8, 4) is 0 Å². The average Bonchev–Trinajstić information content (AvgIpc) is 1.82. The van der Waals surface area contributed by atoms with Gasteiger partial charge in [-0.2, -0.15) is 0 Å². The van der Waals surface area contributed by atoms with E-state index in [-0.39, 0.29) is 5.38 Å². The third-order valence-corrected chi connectivity index (χ3v) is 1.91. The zero-order valence-electron chi connectivity index (χ0n) is 6.36. The zero-order valence-corrected chi connectivity index (χ0v) is 7.11. The van der Waals surface area contributed by atoms with Gasteiger partial charge in [0.05, 0.1) is 6.61 Å². The van der Waals surface area contributed by atoms with Gasteiger partial charge >= 0.3 is 0 Å². The molecule has 1 nitrogen and oxygen atoms in total. The van der Waals surface area contributed by atoms with Gasteiger partial charge in [-0.25, -0.2) is 0 Å². The first-order chi connectivity index (χ1) is 4.22. The Morgan fingerprint density at radius 2 is 2.11 bits per heavy atom. The molecule has 0 rings (SSSR count). The highest BCUT2D eigenvalue weighted by Gasteiger charge is 2.11. The first-order valence-corrected chi connectivity index (χ1v) is 3.79. The molecule has 0 spiro atoms. The van der Waals surface area contributed by atoms with Crippen molar-refractivity contribution in [1.82, 2.24) is 0 Å². The first-order valence-electron chi connectivity index (χ1n) is 3.35. The Morgan fingerprint density at radius 3 is 2.22 bits per heavy atom. The van der Waals surface area contributed by atoms with Crippen molar-refractivity contribution in [3.63, 3.8) is 0 Å². The highest BCUT2D eigenvalue weighted by molar-refractivity contribution is 6.20. The summed E-state index contributed by atoms with van der Waals surface area (Å²) >= 11 is 5.84. The maximum Gasteiger partial charge on any atom is 0.0504 e. The Labute approximate surface area is 62.3 Å². The van der Waals surface area contributed by atoms with Crippen LogP contribution in [0.5, 0.6) is 0 Å². The van der Waals surface area contributed by atoms with E-state index >= 15 is 0 Å². The van der Waals surface area contributed by atoms with Crippen LogP contribution in [0.2, 0.25) is 0 Å². The molecule has 0 saturated heterocycles. The highest BCUT2D eigenvalue weighted by Crippen LogP contribution is 2.13. The molecule has 0 saturated carbocycles. The fourth-order valence-corrected chi connectivity index (χ4v) is 1.04. The SMILES string of the molecule is CCC(COC)C(C)Cl. The van der Waals surface area contributed by atoms with Crippen LogP contribution in [0.15, 0.2) is 0 Å². The van der Waals surface area contributed by atoms with Crippen LogP contribution in [-0.4, -0.2) is 19.1 Å². The van der Waals surface area contributed by atoms with Crippen LogP contribution in [0.3, 0.4) is 0 Å². The standard InChI is InChI=1S/C7H15ClO/c1-4-7(5-9-3)6(2)8/h6-7H,4-5H2,1-3H3. The number of ether oxygens (including phenoxy) is 1. The maximum absolute atomic E-state index is 5.84. The summed E-state index contributed by atoms with van der Waals surface area (Å²) in [5.41, 5.74) is 0. The predicted molar refractivity (Wildman–Crippen MR) is 41.0 cm³/mol. The van der Waals surface area contributed by atoms with Crippen molar-refractivity contribution in [3.05, 3.63) is 0 Å². The Hall–Kier alpha value is 0.250. The Kier molecular flexibility index (Phi) is 5.21. The second kappa shape index (κ2) is 5.07. The van der Waals surface area contributed by atoms with Crippen molar-refractivity contribution in [2.24, 2.45) is 5.92 Å². The van der Waals surface area contributed by atoms with E-state index in [2.05, 4.69) is 6.92 Å². The molecular weight excluding hydrogens is 136 g/mol. The molecule has 0 N–H and O–H groups in total. The molecule has 0 radical (unpaired) electrons. The van der Waals surface area contributed by atoms with Crippen molar-refractivity contribution < 1.29 is 4.74 Å². The summed E-state index contributed by atoms with van der Waals surface area (Å²) in [5.74, 6) is 0.511. The average molecular weight is 151 g/mol. The number of rotatable bonds is 4. The van der Waals surface area contributed by atoms with Crippen LogP contribution in [0.25, 0.3) is 0 Å². The summed E-state index contributed by atoms with van der Waals surface area (Å²) in [7, 11) is 1.71. The van der Waals surface area contributed by atoms with E-state index in [1.54, 1.807) is 7.11 Å². The molecule has 0 fully saturated rings. The summed E-state index contributed by atoms with van der Waals surface area (Å²) in [4.78, 5) is 0. The molecule has 2 unspecified atom stereocenters. The topological polar surface area (TPSA) is 9.23 Å². The number of hydrogen-bond donors (Lipinski definition) is 0. The molecule has 0 heterocycles. The van der Waals surface area contributed by atoms with Gasteiger partial charge in [0.25, 0.3) is 0 Å². The third kappa shape index (κ3) is 3.77. The van der Waals surface area contributed by atoms with E-state index in [1.807, 2.05) is 6.92 Å². The van der Waals surface area contributed by atoms with E-state index < -0.39 is 0 Å². The normalized spacial score (nSPS) is 17.3. The van der Waals surface area contributed by atoms with Gasteiger partial charge in [-0.1, -0.05) is 6.92 Å². The number of hydrogen-bond acceptors (Lipinski definition) is 1. The van der Waals surface area contributed by atoms with E-state index in [0.29, 0.717) is 5.92 Å². The lowest BCUT2D eigenvalue weighted by Gasteiger charge is -2.15. The van der Waals surface area contributed by atoms with Crippen LogP contribution in [0.1, 0.15) is 20.3 Å². The third-order valence-electron chi connectivity index (χ3n) is 1.55. The summed E-state index contributed by atoms with van der Waals surface area (Å²) in [6.45, 7) is 4.92. The second-order valence-corrected chi connectivity index (χ2v) is 2.99. The van der Waals surface area contributed by atoms with E-state index in [4.69, 9.17) is 16.3 Å². The minimum Gasteiger partial charge on any atom is -0.384 e. The lowest BCUT2D eigenvalue weighted by Crippen LogP contribution is -2.15.